The number of ether oxygens (including phenoxy) is 1. The molecular formula is C13H26N2O4. The molecular weight excluding hydrogens is 248 g/mol. The lowest BCUT2D eigenvalue weighted by Gasteiger charge is -2.26. The van der Waals surface area contributed by atoms with Crippen molar-refractivity contribution < 1.29 is 19.4 Å². The summed E-state index contributed by atoms with van der Waals surface area (Å²) in [5, 5.41) is 11.7. The van der Waals surface area contributed by atoms with Gasteiger partial charge in [-0.1, -0.05) is 20.8 Å². The SMILES string of the molecule is CCOCC(NC(=O)N(C)CC(C)C(=O)O)C(C)C. The Labute approximate surface area is 115 Å². The van der Waals surface area contributed by atoms with E-state index in [2.05, 4.69) is 5.32 Å². The zero-order valence-corrected chi connectivity index (χ0v) is 12.5. The average molecular weight is 274 g/mol. The number of nitrogens with one attached hydrogen (secondary N) is 1. The fourth-order valence-electron chi connectivity index (χ4n) is 1.49. The fourth-order valence-corrected chi connectivity index (χ4v) is 1.49. The molecule has 0 saturated carbocycles. The second-order valence-electron chi connectivity index (χ2n) is 5.08. The van der Waals surface area contributed by atoms with Gasteiger partial charge in [0.05, 0.1) is 18.6 Å². The molecule has 0 radical (unpaired) electrons. The van der Waals surface area contributed by atoms with Crippen LogP contribution in [0.4, 0.5) is 4.79 Å². The minimum absolute atomic E-state index is 0.0740. The maximum Gasteiger partial charge on any atom is 0.317 e. The first kappa shape index (κ1) is 17.7. The van der Waals surface area contributed by atoms with Gasteiger partial charge in [-0.05, 0) is 12.8 Å². The lowest BCUT2D eigenvalue weighted by atomic mass is 10.1. The molecule has 0 rings (SSSR count). The standard InChI is InChI=1S/C13H26N2O4/c1-6-19-8-11(9(2)3)14-13(18)15(5)7-10(4)12(16)17/h9-11H,6-8H2,1-5H3,(H,14,18)(H,16,17). The lowest BCUT2D eigenvalue weighted by molar-refractivity contribution is -0.141. The van der Waals surface area contributed by atoms with E-state index in [1.807, 2.05) is 20.8 Å². The van der Waals surface area contributed by atoms with E-state index in [1.54, 1.807) is 14.0 Å². The van der Waals surface area contributed by atoms with Crippen LogP contribution in [-0.2, 0) is 9.53 Å². The number of carbonyl (C=O) groups excluding carboxylic acids is 1. The Hall–Kier alpha value is -1.30. The van der Waals surface area contributed by atoms with E-state index in [4.69, 9.17) is 9.84 Å². The van der Waals surface area contributed by atoms with E-state index in [9.17, 15) is 9.59 Å². The monoisotopic (exact) mass is 274 g/mol. The van der Waals surface area contributed by atoms with Gasteiger partial charge in [0.25, 0.3) is 0 Å². The maximum atomic E-state index is 11.9. The Bertz CT molecular complexity index is 294. The summed E-state index contributed by atoms with van der Waals surface area (Å²) in [5.41, 5.74) is 0. The number of hydrogen-bond acceptors (Lipinski definition) is 3. The predicted molar refractivity (Wildman–Crippen MR) is 73.1 cm³/mol. The van der Waals surface area contributed by atoms with Gasteiger partial charge in [0, 0.05) is 20.2 Å². The van der Waals surface area contributed by atoms with Crippen LogP contribution >= 0.6 is 0 Å². The molecule has 2 N–H and O–H groups in total. The third-order valence-corrected chi connectivity index (χ3v) is 2.93. The van der Waals surface area contributed by atoms with Gasteiger partial charge in [-0.2, -0.15) is 0 Å². The molecule has 0 heterocycles. The van der Waals surface area contributed by atoms with Gasteiger partial charge in [-0.3, -0.25) is 4.79 Å². The van der Waals surface area contributed by atoms with Crippen LogP contribution in [0, 0.1) is 11.8 Å². The van der Waals surface area contributed by atoms with Crippen molar-refractivity contribution in [1.29, 1.82) is 0 Å². The minimum atomic E-state index is -0.908. The Morgan fingerprint density at radius 1 is 1.32 bits per heavy atom. The number of carboxylic acid groups (broad SMARTS) is 1. The van der Waals surface area contributed by atoms with Gasteiger partial charge in [0.1, 0.15) is 0 Å². The third-order valence-electron chi connectivity index (χ3n) is 2.93. The van der Waals surface area contributed by atoms with Crippen molar-refractivity contribution in [2.24, 2.45) is 11.8 Å². The number of urea groups is 1. The van der Waals surface area contributed by atoms with E-state index in [-0.39, 0.29) is 24.5 Å². The molecule has 6 nitrogen and oxygen atoms in total. The summed E-state index contributed by atoms with van der Waals surface area (Å²) in [6.07, 6.45) is 0. The van der Waals surface area contributed by atoms with E-state index in [0.29, 0.717) is 13.2 Å². The molecule has 2 amide bonds. The highest BCUT2D eigenvalue weighted by atomic mass is 16.5. The van der Waals surface area contributed by atoms with Crippen LogP contribution in [0.3, 0.4) is 0 Å². The molecule has 0 saturated heterocycles. The number of rotatable bonds is 8. The largest absolute Gasteiger partial charge is 0.481 e. The van der Waals surface area contributed by atoms with Crippen molar-refractivity contribution in [3.8, 4) is 0 Å². The number of hydrogen-bond donors (Lipinski definition) is 2. The molecule has 0 spiro atoms. The van der Waals surface area contributed by atoms with Crippen molar-refractivity contribution >= 4 is 12.0 Å². The lowest BCUT2D eigenvalue weighted by Crippen LogP contribution is -2.48. The van der Waals surface area contributed by atoms with Crippen molar-refractivity contribution in [3.05, 3.63) is 0 Å². The molecule has 6 heteroatoms. The molecule has 0 aliphatic heterocycles. The molecule has 0 bridgehead atoms. The maximum absolute atomic E-state index is 11.9. The van der Waals surface area contributed by atoms with Crippen LogP contribution in [0.5, 0.6) is 0 Å². The van der Waals surface area contributed by atoms with Crippen LogP contribution in [0.1, 0.15) is 27.7 Å². The number of carbonyl (C=O) groups is 2. The van der Waals surface area contributed by atoms with Gasteiger partial charge >= 0.3 is 12.0 Å². The van der Waals surface area contributed by atoms with Gasteiger partial charge < -0.3 is 20.1 Å². The normalized spacial score (nSPS) is 14.0. The molecule has 0 fully saturated rings. The Morgan fingerprint density at radius 2 is 1.89 bits per heavy atom. The van der Waals surface area contributed by atoms with Crippen LogP contribution in [0.25, 0.3) is 0 Å². The van der Waals surface area contributed by atoms with E-state index >= 15 is 0 Å². The van der Waals surface area contributed by atoms with Crippen molar-refractivity contribution in [2.45, 2.75) is 33.7 Å². The highest BCUT2D eigenvalue weighted by Crippen LogP contribution is 2.04. The number of nitrogens with zero attached hydrogens (tertiary/aromatic N) is 1. The first-order valence-corrected chi connectivity index (χ1v) is 6.61. The highest BCUT2D eigenvalue weighted by molar-refractivity contribution is 5.76. The second-order valence-corrected chi connectivity index (χ2v) is 5.08. The van der Waals surface area contributed by atoms with Crippen molar-refractivity contribution in [1.82, 2.24) is 10.2 Å². The van der Waals surface area contributed by atoms with Gasteiger partial charge in [0.15, 0.2) is 0 Å². The Morgan fingerprint density at radius 3 is 2.32 bits per heavy atom. The summed E-state index contributed by atoms with van der Waals surface area (Å²) in [5.74, 6) is -1.24. The molecule has 112 valence electrons. The summed E-state index contributed by atoms with van der Waals surface area (Å²) in [4.78, 5) is 24.1. The molecule has 0 aromatic rings. The van der Waals surface area contributed by atoms with Crippen LogP contribution in [0.15, 0.2) is 0 Å². The summed E-state index contributed by atoms with van der Waals surface area (Å²) >= 11 is 0. The zero-order valence-electron chi connectivity index (χ0n) is 12.5. The van der Waals surface area contributed by atoms with Gasteiger partial charge in [-0.25, -0.2) is 4.79 Å². The summed E-state index contributed by atoms with van der Waals surface area (Å²) in [6, 6.07) is -0.346. The zero-order chi connectivity index (χ0) is 15.0. The summed E-state index contributed by atoms with van der Waals surface area (Å²) < 4.78 is 5.33. The fraction of sp³-hybridized carbons (Fsp3) is 0.846. The smallest absolute Gasteiger partial charge is 0.317 e. The number of aliphatic carboxylic acids is 1. The molecule has 2 atom stereocenters. The third kappa shape index (κ3) is 7.00. The molecule has 2 unspecified atom stereocenters. The number of amides is 2. The van der Waals surface area contributed by atoms with Crippen molar-refractivity contribution in [3.63, 3.8) is 0 Å². The average Bonchev–Trinajstić information content (AvgIpc) is 2.33. The Kier molecular flexibility index (Phi) is 8.14. The quantitative estimate of drug-likeness (QED) is 0.701. The second kappa shape index (κ2) is 8.74. The molecule has 0 aromatic carbocycles. The molecule has 0 aromatic heterocycles. The Balaban J connectivity index is 4.34. The highest BCUT2D eigenvalue weighted by Gasteiger charge is 2.21. The van der Waals surface area contributed by atoms with Gasteiger partial charge in [-0.15, -0.1) is 0 Å². The first-order valence-electron chi connectivity index (χ1n) is 6.61. The topological polar surface area (TPSA) is 78.9 Å². The number of carboxylic acids is 1. The van der Waals surface area contributed by atoms with Crippen molar-refractivity contribution in [2.75, 3.05) is 26.8 Å². The van der Waals surface area contributed by atoms with E-state index in [0.717, 1.165) is 0 Å². The molecule has 0 aliphatic rings. The summed E-state index contributed by atoms with van der Waals surface area (Å²) in [6.45, 7) is 8.73. The first-order chi connectivity index (χ1) is 8.79. The van der Waals surface area contributed by atoms with Crippen LogP contribution < -0.4 is 5.32 Å². The molecule has 0 aliphatic carbocycles. The predicted octanol–water partition coefficient (Wildman–Crippen LogP) is 1.41. The molecule has 19 heavy (non-hydrogen) atoms. The van der Waals surface area contributed by atoms with Crippen LogP contribution in [-0.4, -0.2) is 54.9 Å². The minimum Gasteiger partial charge on any atom is -0.481 e. The summed E-state index contributed by atoms with van der Waals surface area (Å²) in [7, 11) is 1.59. The van der Waals surface area contributed by atoms with Gasteiger partial charge in [0.2, 0.25) is 0 Å². The van der Waals surface area contributed by atoms with E-state index in [1.165, 1.54) is 4.90 Å². The van der Waals surface area contributed by atoms with E-state index < -0.39 is 11.9 Å². The van der Waals surface area contributed by atoms with Crippen LogP contribution in [0.2, 0.25) is 0 Å².